The van der Waals surface area contributed by atoms with Crippen molar-refractivity contribution in [2.24, 2.45) is 0 Å². The number of carbonyl (C=O) groups is 2. The van der Waals surface area contributed by atoms with Crippen LogP contribution in [0.2, 0.25) is 0 Å². The highest BCUT2D eigenvalue weighted by Gasteiger charge is 2.20. The molecule has 0 atom stereocenters. The lowest BCUT2D eigenvalue weighted by Gasteiger charge is -2.05. The van der Waals surface area contributed by atoms with Crippen molar-refractivity contribution in [1.82, 2.24) is 0 Å². The number of hydrogen-bond donors (Lipinski definition) is 0. The van der Waals surface area contributed by atoms with Gasteiger partial charge in [-0.25, -0.2) is 0 Å². The van der Waals surface area contributed by atoms with Gasteiger partial charge in [-0.15, -0.1) is 0 Å². The van der Waals surface area contributed by atoms with Crippen molar-refractivity contribution in [3.63, 3.8) is 0 Å². The molecule has 1 aliphatic rings. The van der Waals surface area contributed by atoms with Crippen LogP contribution in [0, 0.1) is 0 Å². The molecule has 0 aromatic heterocycles. The number of hydrogen-bond acceptors (Lipinski definition) is 5. The second kappa shape index (κ2) is 6.74. The summed E-state index contributed by atoms with van der Waals surface area (Å²) in [5, 5.41) is 0. The van der Waals surface area contributed by atoms with Crippen molar-refractivity contribution < 1.29 is 23.8 Å². The maximum atomic E-state index is 12.1. The van der Waals surface area contributed by atoms with Crippen LogP contribution in [0.15, 0.2) is 16.6 Å². The van der Waals surface area contributed by atoms with E-state index in [-0.39, 0.29) is 31.4 Å². The molecule has 0 aliphatic carbocycles. The number of ketones is 1. The summed E-state index contributed by atoms with van der Waals surface area (Å²) in [7, 11) is 0. The number of carbonyl (C=O) groups excluding carboxylic acids is 2. The highest BCUT2D eigenvalue weighted by atomic mass is 79.9. The standard InChI is InChI=1S/C14H15BrO5/c1-2-5-18-13(17)4-3-11(16)9-6-10(15)14-12(7-9)19-8-20-14/h6-7H,2-5,8H2,1H3. The molecule has 1 heterocycles. The number of Topliss-reactive ketones (excluding diaryl/α,β-unsaturated/α-hetero) is 1. The van der Waals surface area contributed by atoms with Gasteiger partial charge in [-0.1, -0.05) is 6.92 Å². The summed E-state index contributed by atoms with van der Waals surface area (Å²) >= 11 is 3.33. The highest BCUT2D eigenvalue weighted by Crippen LogP contribution is 2.40. The van der Waals surface area contributed by atoms with Crippen LogP contribution < -0.4 is 9.47 Å². The Morgan fingerprint density at radius 1 is 1.30 bits per heavy atom. The topological polar surface area (TPSA) is 61.8 Å². The van der Waals surface area contributed by atoms with Gasteiger partial charge in [0.05, 0.1) is 17.5 Å². The van der Waals surface area contributed by atoms with Gasteiger partial charge in [0.1, 0.15) is 0 Å². The molecule has 0 saturated carbocycles. The highest BCUT2D eigenvalue weighted by molar-refractivity contribution is 9.10. The normalized spacial score (nSPS) is 12.3. The molecule has 0 saturated heterocycles. The maximum Gasteiger partial charge on any atom is 0.306 e. The fourth-order valence-corrected chi connectivity index (χ4v) is 2.33. The van der Waals surface area contributed by atoms with Crippen LogP contribution in [0.5, 0.6) is 11.5 Å². The number of halogens is 1. The molecule has 2 rings (SSSR count). The molecule has 0 radical (unpaired) electrons. The van der Waals surface area contributed by atoms with Crippen LogP contribution in [0.3, 0.4) is 0 Å². The first-order chi connectivity index (χ1) is 9.61. The third kappa shape index (κ3) is 3.50. The number of esters is 1. The Kier molecular flexibility index (Phi) is 5.00. The molecule has 1 aliphatic heterocycles. The van der Waals surface area contributed by atoms with E-state index < -0.39 is 0 Å². The Labute approximate surface area is 125 Å². The Balaban J connectivity index is 1.96. The summed E-state index contributed by atoms with van der Waals surface area (Å²) < 4.78 is 16.1. The zero-order valence-electron chi connectivity index (χ0n) is 11.1. The van der Waals surface area contributed by atoms with E-state index in [1.54, 1.807) is 12.1 Å². The van der Waals surface area contributed by atoms with E-state index in [9.17, 15) is 9.59 Å². The van der Waals surface area contributed by atoms with E-state index in [1.807, 2.05) is 6.92 Å². The van der Waals surface area contributed by atoms with Crippen LogP contribution in [-0.2, 0) is 9.53 Å². The van der Waals surface area contributed by atoms with E-state index in [2.05, 4.69) is 15.9 Å². The first-order valence-electron chi connectivity index (χ1n) is 6.39. The zero-order valence-corrected chi connectivity index (χ0v) is 12.7. The third-order valence-electron chi connectivity index (χ3n) is 2.77. The van der Waals surface area contributed by atoms with E-state index in [4.69, 9.17) is 14.2 Å². The summed E-state index contributed by atoms with van der Waals surface area (Å²) in [4.78, 5) is 23.4. The molecule has 0 bridgehead atoms. The van der Waals surface area contributed by atoms with Gasteiger partial charge in [0, 0.05) is 12.0 Å². The molecule has 20 heavy (non-hydrogen) atoms. The smallest absolute Gasteiger partial charge is 0.306 e. The fraction of sp³-hybridized carbons (Fsp3) is 0.429. The van der Waals surface area contributed by atoms with E-state index >= 15 is 0 Å². The second-order valence-corrected chi connectivity index (χ2v) is 5.19. The Hall–Kier alpha value is -1.56. The van der Waals surface area contributed by atoms with Gasteiger partial charge in [0.25, 0.3) is 0 Å². The minimum Gasteiger partial charge on any atom is -0.466 e. The van der Waals surface area contributed by atoms with Crippen molar-refractivity contribution in [2.75, 3.05) is 13.4 Å². The number of rotatable bonds is 6. The fourth-order valence-electron chi connectivity index (χ4n) is 1.78. The van der Waals surface area contributed by atoms with Crippen LogP contribution in [0.1, 0.15) is 36.5 Å². The summed E-state index contributed by atoms with van der Waals surface area (Å²) in [6.07, 6.45) is 0.980. The molecule has 0 spiro atoms. The second-order valence-electron chi connectivity index (χ2n) is 4.34. The predicted molar refractivity (Wildman–Crippen MR) is 75.1 cm³/mol. The predicted octanol–water partition coefficient (Wildman–Crippen LogP) is 3.09. The minimum atomic E-state index is -0.347. The summed E-state index contributed by atoms with van der Waals surface area (Å²) in [5.74, 6) is 0.664. The first-order valence-corrected chi connectivity index (χ1v) is 7.19. The van der Waals surface area contributed by atoms with Crippen LogP contribution in [0.25, 0.3) is 0 Å². The van der Waals surface area contributed by atoms with E-state index in [0.717, 1.165) is 6.42 Å². The van der Waals surface area contributed by atoms with Gasteiger partial charge in [-0.3, -0.25) is 9.59 Å². The third-order valence-corrected chi connectivity index (χ3v) is 3.36. The van der Waals surface area contributed by atoms with Crippen molar-refractivity contribution in [3.05, 3.63) is 22.2 Å². The molecular formula is C14H15BrO5. The lowest BCUT2D eigenvalue weighted by Crippen LogP contribution is -2.08. The van der Waals surface area contributed by atoms with Crippen LogP contribution in [-0.4, -0.2) is 25.2 Å². The lowest BCUT2D eigenvalue weighted by atomic mass is 10.1. The molecule has 1 aromatic carbocycles. The molecule has 6 heteroatoms. The number of ether oxygens (including phenoxy) is 3. The molecule has 108 valence electrons. The molecule has 0 N–H and O–H groups in total. The van der Waals surface area contributed by atoms with E-state index in [1.165, 1.54) is 0 Å². The average Bonchev–Trinajstić information content (AvgIpc) is 2.91. The van der Waals surface area contributed by atoms with Gasteiger partial charge < -0.3 is 14.2 Å². The minimum absolute atomic E-state index is 0.0882. The first kappa shape index (κ1) is 14.8. The largest absolute Gasteiger partial charge is 0.466 e. The monoisotopic (exact) mass is 342 g/mol. The van der Waals surface area contributed by atoms with Crippen molar-refractivity contribution in [1.29, 1.82) is 0 Å². The quantitative estimate of drug-likeness (QED) is 0.587. The van der Waals surface area contributed by atoms with Crippen molar-refractivity contribution in [3.8, 4) is 11.5 Å². The van der Waals surface area contributed by atoms with Gasteiger partial charge in [0.15, 0.2) is 17.3 Å². The molecule has 0 unspecified atom stereocenters. The Bertz CT molecular complexity index is 527. The molecule has 1 aromatic rings. The molecular weight excluding hydrogens is 328 g/mol. The average molecular weight is 343 g/mol. The van der Waals surface area contributed by atoms with Gasteiger partial charge >= 0.3 is 5.97 Å². The number of benzene rings is 1. The Morgan fingerprint density at radius 3 is 2.85 bits per heavy atom. The van der Waals surface area contributed by atoms with E-state index in [0.29, 0.717) is 28.1 Å². The van der Waals surface area contributed by atoms with Crippen molar-refractivity contribution >= 4 is 27.7 Å². The zero-order chi connectivity index (χ0) is 14.5. The van der Waals surface area contributed by atoms with Gasteiger partial charge in [0.2, 0.25) is 6.79 Å². The molecule has 5 nitrogen and oxygen atoms in total. The summed E-state index contributed by atoms with van der Waals surface area (Å²) in [6.45, 7) is 2.46. The van der Waals surface area contributed by atoms with Gasteiger partial charge in [-0.05, 0) is 34.5 Å². The van der Waals surface area contributed by atoms with Crippen molar-refractivity contribution in [2.45, 2.75) is 26.2 Å². The number of fused-ring (bicyclic) bond motifs is 1. The lowest BCUT2D eigenvalue weighted by molar-refractivity contribution is -0.143. The molecule has 0 amide bonds. The summed E-state index contributed by atoms with van der Waals surface area (Å²) in [5.41, 5.74) is 0.490. The Morgan fingerprint density at radius 2 is 2.10 bits per heavy atom. The van der Waals surface area contributed by atoms with Gasteiger partial charge in [-0.2, -0.15) is 0 Å². The molecule has 0 fully saturated rings. The van der Waals surface area contributed by atoms with Crippen LogP contribution >= 0.6 is 15.9 Å². The van der Waals surface area contributed by atoms with Crippen LogP contribution in [0.4, 0.5) is 0 Å². The summed E-state index contributed by atoms with van der Waals surface area (Å²) in [6, 6.07) is 3.31. The SMILES string of the molecule is CCCOC(=O)CCC(=O)c1cc(Br)c2c(c1)OCO2. The maximum absolute atomic E-state index is 12.1.